The summed E-state index contributed by atoms with van der Waals surface area (Å²) < 4.78 is 11.0. The van der Waals surface area contributed by atoms with Crippen LogP contribution in [0.1, 0.15) is 32.1 Å². The number of hydrogen-bond acceptors (Lipinski definition) is 5. The second-order valence-electron chi connectivity index (χ2n) is 7.77. The molecule has 1 aromatic heterocycles. The zero-order valence-corrected chi connectivity index (χ0v) is 15.6. The molecule has 0 saturated carbocycles. The molecule has 0 aliphatic carbocycles. The molecule has 4 rings (SSSR count). The molecule has 3 saturated heterocycles. The van der Waals surface area contributed by atoms with Crippen molar-refractivity contribution in [2.24, 2.45) is 5.41 Å². The Morgan fingerprint density at radius 1 is 1.30 bits per heavy atom. The summed E-state index contributed by atoms with van der Waals surface area (Å²) in [4.78, 5) is 33.7. The fourth-order valence-electron chi connectivity index (χ4n) is 4.58. The predicted molar refractivity (Wildman–Crippen MR) is 98.2 cm³/mol. The molecular formula is C20H27N3O4. The molecule has 0 bridgehead atoms. The molecule has 1 aromatic rings. The van der Waals surface area contributed by atoms with Crippen molar-refractivity contribution in [3.05, 3.63) is 24.5 Å². The molecule has 0 aromatic carbocycles. The van der Waals surface area contributed by atoms with E-state index in [1.807, 2.05) is 0 Å². The highest BCUT2D eigenvalue weighted by Gasteiger charge is 2.50. The summed E-state index contributed by atoms with van der Waals surface area (Å²) in [5.74, 6) is 0.759. The number of nitrogens with zero attached hydrogens (tertiary/aromatic N) is 3. The SMILES string of the molecule is O=C(COc1cccnc1)N1CC[C@@]2(CCCN(C3CCOCC3)C2=O)C1. The van der Waals surface area contributed by atoms with Crippen LogP contribution in [0.15, 0.2) is 24.5 Å². The number of carbonyl (C=O) groups is 2. The summed E-state index contributed by atoms with van der Waals surface area (Å²) in [5.41, 5.74) is -0.402. The highest BCUT2D eigenvalue weighted by atomic mass is 16.5. The van der Waals surface area contributed by atoms with Gasteiger partial charge in [0.2, 0.25) is 5.91 Å². The monoisotopic (exact) mass is 373 g/mol. The van der Waals surface area contributed by atoms with Gasteiger partial charge in [-0.2, -0.15) is 0 Å². The van der Waals surface area contributed by atoms with Gasteiger partial charge >= 0.3 is 0 Å². The molecule has 1 spiro atoms. The highest BCUT2D eigenvalue weighted by Crippen LogP contribution is 2.41. The van der Waals surface area contributed by atoms with Gasteiger partial charge in [-0.25, -0.2) is 0 Å². The van der Waals surface area contributed by atoms with Gasteiger partial charge in [0.05, 0.1) is 11.6 Å². The molecule has 3 aliphatic heterocycles. The molecule has 0 radical (unpaired) electrons. The van der Waals surface area contributed by atoms with Gasteiger partial charge in [-0.05, 0) is 44.2 Å². The van der Waals surface area contributed by atoms with E-state index < -0.39 is 5.41 Å². The highest BCUT2D eigenvalue weighted by molar-refractivity contribution is 5.86. The van der Waals surface area contributed by atoms with Gasteiger partial charge in [-0.3, -0.25) is 14.6 Å². The van der Waals surface area contributed by atoms with Crippen LogP contribution in [-0.2, 0) is 14.3 Å². The minimum Gasteiger partial charge on any atom is -0.482 e. The molecule has 27 heavy (non-hydrogen) atoms. The van der Waals surface area contributed by atoms with Crippen LogP contribution >= 0.6 is 0 Å². The van der Waals surface area contributed by atoms with Crippen LogP contribution in [0.5, 0.6) is 5.75 Å². The van der Waals surface area contributed by atoms with Crippen molar-refractivity contribution in [2.45, 2.75) is 38.1 Å². The normalized spacial score (nSPS) is 26.6. The van der Waals surface area contributed by atoms with Gasteiger partial charge in [-0.1, -0.05) is 0 Å². The zero-order chi connectivity index (χ0) is 18.7. The number of ether oxygens (including phenoxy) is 2. The maximum absolute atomic E-state index is 13.3. The van der Waals surface area contributed by atoms with Crippen molar-refractivity contribution in [1.29, 1.82) is 0 Å². The average molecular weight is 373 g/mol. The van der Waals surface area contributed by atoms with Crippen LogP contribution in [0.3, 0.4) is 0 Å². The molecule has 0 N–H and O–H groups in total. The van der Waals surface area contributed by atoms with Crippen molar-refractivity contribution in [3.8, 4) is 5.75 Å². The number of rotatable bonds is 4. The number of carbonyl (C=O) groups excluding carboxylic acids is 2. The van der Waals surface area contributed by atoms with Crippen molar-refractivity contribution in [1.82, 2.24) is 14.8 Å². The molecule has 4 heterocycles. The molecule has 3 aliphatic rings. The molecule has 7 nitrogen and oxygen atoms in total. The van der Waals surface area contributed by atoms with Gasteiger partial charge in [-0.15, -0.1) is 0 Å². The Morgan fingerprint density at radius 2 is 2.15 bits per heavy atom. The van der Waals surface area contributed by atoms with Gasteiger partial charge in [0.15, 0.2) is 6.61 Å². The zero-order valence-electron chi connectivity index (χ0n) is 15.6. The predicted octanol–water partition coefficient (Wildman–Crippen LogP) is 1.48. The summed E-state index contributed by atoms with van der Waals surface area (Å²) in [5, 5.41) is 0. The van der Waals surface area contributed by atoms with E-state index in [1.165, 1.54) is 0 Å². The van der Waals surface area contributed by atoms with Gasteiger partial charge in [0, 0.05) is 45.1 Å². The Bertz CT molecular complexity index is 677. The van der Waals surface area contributed by atoms with Crippen molar-refractivity contribution in [2.75, 3.05) is 39.5 Å². The molecular weight excluding hydrogens is 346 g/mol. The maximum Gasteiger partial charge on any atom is 0.260 e. The first-order valence-electron chi connectivity index (χ1n) is 9.87. The van der Waals surface area contributed by atoms with E-state index in [4.69, 9.17) is 9.47 Å². The topological polar surface area (TPSA) is 72.0 Å². The lowest BCUT2D eigenvalue weighted by Gasteiger charge is -2.44. The first kappa shape index (κ1) is 18.2. The Balaban J connectivity index is 1.36. The second-order valence-corrected chi connectivity index (χ2v) is 7.77. The van der Waals surface area contributed by atoms with Gasteiger partial charge in [0.25, 0.3) is 5.91 Å². The Hall–Kier alpha value is -2.15. The molecule has 2 amide bonds. The van der Waals surface area contributed by atoms with Crippen LogP contribution in [-0.4, -0.2) is 72.1 Å². The van der Waals surface area contributed by atoms with E-state index in [0.29, 0.717) is 24.9 Å². The molecule has 146 valence electrons. The standard InChI is InChI=1S/C20H27N3O4/c24-18(14-27-17-3-1-8-21-13-17)22-10-7-20(15-22)6-2-9-23(19(20)25)16-4-11-26-12-5-16/h1,3,8,13,16H,2,4-7,9-12,14-15H2/t20-/m0/s1. The van der Waals surface area contributed by atoms with Crippen molar-refractivity contribution >= 4 is 11.8 Å². The number of likely N-dealkylation sites (tertiary alicyclic amines) is 2. The third-order valence-electron chi connectivity index (χ3n) is 6.10. The summed E-state index contributed by atoms with van der Waals surface area (Å²) >= 11 is 0. The van der Waals surface area contributed by atoms with Crippen LogP contribution < -0.4 is 4.74 Å². The smallest absolute Gasteiger partial charge is 0.260 e. The quantitative estimate of drug-likeness (QED) is 0.799. The number of aromatic nitrogens is 1. The van der Waals surface area contributed by atoms with E-state index in [2.05, 4.69) is 9.88 Å². The van der Waals surface area contributed by atoms with Crippen molar-refractivity contribution in [3.63, 3.8) is 0 Å². The number of piperidine rings is 1. The van der Waals surface area contributed by atoms with Gasteiger partial charge < -0.3 is 19.3 Å². The fourth-order valence-corrected chi connectivity index (χ4v) is 4.58. The molecule has 3 fully saturated rings. The molecule has 0 unspecified atom stereocenters. The molecule has 7 heteroatoms. The second kappa shape index (κ2) is 7.84. The summed E-state index contributed by atoms with van der Waals surface area (Å²) in [6.45, 7) is 3.43. The van der Waals surface area contributed by atoms with E-state index in [0.717, 1.165) is 51.9 Å². The minimum atomic E-state index is -0.402. The van der Waals surface area contributed by atoms with E-state index in [9.17, 15) is 9.59 Å². The number of hydrogen-bond donors (Lipinski definition) is 0. The van der Waals surface area contributed by atoms with Crippen LogP contribution in [0.25, 0.3) is 0 Å². The lowest BCUT2D eigenvalue weighted by molar-refractivity contribution is -0.151. The maximum atomic E-state index is 13.3. The fraction of sp³-hybridized carbons (Fsp3) is 0.650. The van der Waals surface area contributed by atoms with E-state index in [1.54, 1.807) is 29.4 Å². The van der Waals surface area contributed by atoms with Gasteiger partial charge in [0.1, 0.15) is 5.75 Å². The van der Waals surface area contributed by atoms with Crippen LogP contribution in [0.4, 0.5) is 0 Å². The third kappa shape index (κ3) is 3.78. The summed E-state index contributed by atoms with van der Waals surface area (Å²) in [6, 6.07) is 3.85. The van der Waals surface area contributed by atoms with Crippen molar-refractivity contribution < 1.29 is 19.1 Å². The third-order valence-corrected chi connectivity index (χ3v) is 6.10. The molecule has 1 atom stereocenters. The lowest BCUT2D eigenvalue weighted by Crippen LogP contribution is -2.55. The van der Waals surface area contributed by atoms with Crippen LogP contribution in [0, 0.1) is 5.41 Å². The minimum absolute atomic E-state index is 0.0142. The number of pyridine rings is 1. The largest absolute Gasteiger partial charge is 0.482 e. The lowest BCUT2D eigenvalue weighted by atomic mass is 9.77. The Labute approximate surface area is 159 Å². The summed E-state index contributed by atoms with van der Waals surface area (Å²) in [7, 11) is 0. The number of amides is 2. The first-order valence-corrected chi connectivity index (χ1v) is 9.87. The Kier molecular flexibility index (Phi) is 5.29. The van der Waals surface area contributed by atoms with E-state index >= 15 is 0 Å². The van der Waals surface area contributed by atoms with Crippen LogP contribution in [0.2, 0.25) is 0 Å². The first-order chi connectivity index (χ1) is 13.2. The Morgan fingerprint density at radius 3 is 2.93 bits per heavy atom. The van der Waals surface area contributed by atoms with E-state index in [-0.39, 0.29) is 18.4 Å². The summed E-state index contributed by atoms with van der Waals surface area (Å²) in [6.07, 6.45) is 7.74. The average Bonchev–Trinajstić information content (AvgIpc) is 3.15.